The summed E-state index contributed by atoms with van der Waals surface area (Å²) >= 11 is 0. The first-order valence-electron chi connectivity index (χ1n) is 11.1. The summed E-state index contributed by atoms with van der Waals surface area (Å²) < 4.78 is 21.1. The van der Waals surface area contributed by atoms with Gasteiger partial charge in [-0.25, -0.2) is 4.79 Å². The second kappa shape index (κ2) is 12.2. The third kappa shape index (κ3) is 6.49. The van der Waals surface area contributed by atoms with E-state index in [1.165, 1.54) is 18.2 Å². The number of carbonyl (C=O) groups excluding carboxylic acids is 1. The van der Waals surface area contributed by atoms with Crippen molar-refractivity contribution >= 4 is 11.9 Å². The minimum Gasteiger partial charge on any atom is -0.515 e. The van der Waals surface area contributed by atoms with E-state index in [-0.39, 0.29) is 30.1 Å². The number of carboxylic acids is 1. The van der Waals surface area contributed by atoms with Crippen molar-refractivity contribution in [3.8, 4) is 11.5 Å². The average Bonchev–Trinajstić information content (AvgIpc) is 2.86. The van der Waals surface area contributed by atoms with Gasteiger partial charge in [0, 0.05) is 17.9 Å². The van der Waals surface area contributed by atoms with E-state index in [0.29, 0.717) is 11.8 Å². The zero-order valence-electron chi connectivity index (χ0n) is 19.3. The summed E-state index contributed by atoms with van der Waals surface area (Å²) in [5.41, 5.74) is -0.0872. The van der Waals surface area contributed by atoms with Gasteiger partial charge in [-0.2, -0.15) is 0 Å². The highest BCUT2D eigenvalue weighted by Gasteiger charge is 2.47. The van der Waals surface area contributed by atoms with Crippen LogP contribution >= 0.6 is 0 Å². The fraction of sp³-hybridized carbons (Fsp3) is 0.478. The molecule has 0 amide bonds. The molecule has 0 unspecified atom stereocenters. The van der Waals surface area contributed by atoms with Gasteiger partial charge in [0.25, 0.3) is 0 Å². The summed E-state index contributed by atoms with van der Waals surface area (Å²) in [5, 5.41) is 77.6. The first-order valence-corrected chi connectivity index (χ1v) is 11.1. The molecule has 0 radical (unpaired) electrons. The van der Waals surface area contributed by atoms with Crippen LogP contribution in [0.15, 0.2) is 41.9 Å². The Balaban J connectivity index is 1.68. The monoisotopic (exact) mass is 528 g/mol. The number of benzene rings is 1. The van der Waals surface area contributed by atoms with Crippen LogP contribution in [0, 0.1) is 5.92 Å². The maximum Gasteiger partial charge on any atom is 0.335 e. The van der Waals surface area contributed by atoms with Gasteiger partial charge < -0.3 is 59.8 Å². The number of aliphatic carboxylic acids is 1. The van der Waals surface area contributed by atoms with Crippen LogP contribution in [0.25, 0.3) is 0 Å². The smallest absolute Gasteiger partial charge is 0.335 e. The predicted molar refractivity (Wildman–Crippen MR) is 119 cm³/mol. The Labute approximate surface area is 209 Å². The Kier molecular flexibility index (Phi) is 9.31. The highest BCUT2D eigenvalue weighted by atomic mass is 16.8. The van der Waals surface area contributed by atoms with E-state index in [4.69, 9.17) is 18.9 Å². The van der Waals surface area contributed by atoms with E-state index >= 15 is 0 Å². The molecular weight excluding hydrogens is 500 g/mol. The predicted octanol–water partition coefficient (Wildman–Crippen LogP) is -1.23. The van der Waals surface area contributed by atoms with Crippen molar-refractivity contribution in [2.45, 2.75) is 49.8 Å². The van der Waals surface area contributed by atoms with E-state index in [0.717, 1.165) is 6.26 Å². The second-order valence-electron chi connectivity index (χ2n) is 8.36. The van der Waals surface area contributed by atoms with Gasteiger partial charge in [-0.3, -0.25) is 4.79 Å². The molecule has 14 nitrogen and oxygen atoms in total. The Hall–Kier alpha value is -3.40. The summed E-state index contributed by atoms with van der Waals surface area (Å²) in [6, 6.07) is 4.08. The van der Waals surface area contributed by atoms with Gasteiger partial charge in [0.1, 0.15) is 24.4 Å². The van der Waals surface area contributed by atoms with Crippen molar-refractivity contribution in [3.05, 3.63) is 47.4 Å². The van der Waals surface area contributed by atoms with Crippen LogP contribution < -0.4 is 0 Å². The molecule has 8 N–H and O–H groups in total. The molecule has 37 heavy (non-hydrogen) atoms. The molecule has 0 aromatic heterocycles. The fourth-order valence-electron chi connectivity index (χ4n) is 3.86. The third-order valence-corrected chi connectivity index (χ3v) is 5.94. The summed E-state index contributed by atoms with van der Waals surface area (Å²) in [6.45, 7) is -0.859. The highest BCUT2D eigenvalue weighted by Crippen LogP contribution is 2.35. The molecule has 14 heteroatoms. The van der Waals surface area contributed by atoms with Crippen molar-refractivity contribution in [3.63, 3.8) is 0 Å². The molecule has 204 valence electrons. The maximum atomic E-state index is 12.5. The number of carbonyl (C=O) groups is 2. The molecule has 2 aliphatic heterocycles. The lowest BCUT2D eigenvalue weighted by atomic mass is 9.87. The van der Waals surface area contributed by atoms with E-state index < -0.39 is 73.5 Å². The number of hydrogen-bond acceptors (Lipinski definition) is 13. The summed E-state index contributed by atoms with van der Waals surface area (Å²) in [6.07, 6.45) is -8.84. The Morgan fingerprint density at radius 3 is 2.41 bits per heavy atom. The number of rotatable bonds is 9. The highest BCUT2D eigenvalue weighted by molar-refractivity contribution is 5.89. The molecule has 0 bridgehead atoms. The van der Waals surface area contributed by atoms with Gasteiger partial charge in [-0.1, -0.05) is 6.07 Å². The minimum atomic E-state index is -1.80. The molecule has 0 spiro atoms. The number of carboxylic acid groups (broad SMARTS) is 1. The Morgan fingerprint density at radius 2 is 1.78 bits per heavy atom. The standard InChI is InChI=1S/C23H28O14/c24-7-12-11(6-17(28)34-4-3-10-1-2-14(26)15(27)5-10)13(21(32)33)9-35-22(12)37-23-20(31)19(30)18(29)16(8-25)36-23/h1-2,5,7,9,11,16,18-20,22-27,29-31H,3-4,6,8H2,(H,32,33)/b12-7+/t11-,16-,18-,19+,20-,22+,23+/m0/s1. The van der Waals surface area contributed by atoms with Gasteiger partial charge in [-0.05, 0) is 17.7 Å². The summed E-state index contributed by atoms with van der Waals surface area (Å²) in [5.74, 6) is -4.23. The Bertz CT molecular complexity index is 1030. The quantitative estimate of drug-likeness (QED) is 0.107. The molecule has 2 heterocycles. The van der Waals surface area contributed by atoms with Crippen LogP contribution in [0.3, 0.4) is 0 Å². The van der Waals surface area contributed by atoms with E-state index in [9.17, 15) is 50.4 Å². The van der Waals surface area contributed by atoms with Crippen LogP contribution in [0.4, 0.5) is 0 Å². The van der Waals surface area contributed by atoms with Crippen LogP contribution in [0.5, 0.6) is 11.5 Å². The fourth-order valence-corrected chi connectivity index (χ4v) is 3.86. The van der Waals surface area contributed by atoms with Crippen molar-refractivity contribution in [2.24, 2.45) is 5.92 Å². The van der Waals surface area contributed by atoms with Gasteiger partial charge in [0.2, 0.25) is 6.29 Å². The molecule has 7 atom stereocenters. The molecule has 0 aliphatic carbocycles. The SMILES string of the molecule is O=C(C[C@@H]1C(C(=O)O)=CO[C@H](O[C@H]2O[C@@H](CO)[C@H](O)[C@@H](O)[C@@H]2O)/C1=C/O)OCCc1ccc(O)c(O)c1. The maximum absolute atomic E-state index is 12.5. The molecule has 1 saturated heterocycles. The zero-order valence-corrected chi connectivity index (χ0v) is 19.3. The van der Waals surface area contributed by atoms with E-state index in [1.54, 1.807) is 0 Å². The van der Waals surface area contributed by atoms with Crippen LogP contribution in [0.2, 0.25) is 0 Å². The third-order valence-electron chi connectivity index (χ3n) is 5.94. The normalized spacial score (nSPS) is 30.9. The number of aromatic hydroxyl groups is 2. The van der Waals surface area contributed by atoms with Crippen molar-refractivity contribution in [2.75, 3.05) is 13.2 Å². The molecule has 2 aliphatic rings. The Morgan fingerprint density at radius 1 is 1.05 bits per heavy atom. The summed E-state index contributed by atoms with van der Waals surface area (Å²) in [4.78, 5) is 24.2. The van der Waals surface area contributed by atoms with E-state index in [1.807, 2.05) is 0 Å². The average molecular weight is 528 g/mol. The molecular formula is C23H28O14. The number of aliphatic hydroxyl groups is 5. The van der Waals surface area contributed by atoms with Gasteiger partial charge in [0.05, 0.1) is 37.7 Å². The van der Waals surface area contributed by atoms with Crippen molar-refractivity contribution < 1.29 is 69.4 Å². The van der Waals surface area contributed by atoms with E-state index in [2.05, 4.69) is 0 Å². The molecule has 1 aromatic rings. The molecule has 3 rings (SSSR count). The van der Waals surface area contributed by atoms with Crippen molar-refractivity contribution in [1.29, 1.82) is 0 Å². The number of phenols is 2. The lowest BCUT2D eigenvalue weighted by Crippen LogP contribution is -2.60. The number of esters is 1. The molecule has 1 aromatic carbocycles. The van der Waals surface area contributed by atoms with Gasteiger partial charge in [-0.15, -0.1) is 0 Å². The lowest BCUT2D eigenvalue weighted by Gasteiger charge is -2.41. The molecule has 1 fully saturated rings. The van der Waals surface area contributed by atoms with Crippen LogP contribution in [0.1, 0.15) is 12.0 Å². The number of aliphatic hydroxyl groups excluding tert-OH is 5. The summed E-state index contributed by atoms with van der Waals surface area (Å²) in [7, 11) is 0. The second-order valence-corrected chi connectivity index (χ2v) is 8.36. The first kappa shape index (κ1) is 28.2. The van der Waals surface area contributed by atoms with Gasteiger partial charge >= 0.3 is 11.9 Å². The largest absolute Gasteiger partial charge is 0.515 e. The topological polar surface area (TPSA) is 233 Å². The van der Waals surface area contributed by atoms with Crippen LogP contribution in [-0.4, -0.2) is 103 Å². The number of hydrogen-bond donors (Lipinski definition) is 8. The lowest BCUT2D eigenvalue weighted by molar-refractivity contribution is -0.328. The first-order chi connectivity index (χ1) is 17.6. The number of phenolic OH excluding ortho intramolecular Hbond substituents is 2. The molecule has 0 saturated carbocycles. The zero-order chi connectivity index (χ0) is 27.3. The van der Waals surface area contributed by atoms with Crippen LogP contribution in [-0.2, 0) is 35.0 Å². The van der Waals surface area contributed by atoms with Crippen molar-refractivity contribution in [1.82, 2.24) is 0 Å². The minimum absolute atomic E-state index is 0.138. The van der Waals surface area contributed by atoms with Gasteiger partial charge in [0.15, 0.2) is 17.8 Å². The number of ether oxygens (including phenoxy) is 4.